The van der Waals surface area contributed by atoms with Crippen molar-refractivity contribution in [1.29, 1.82) is 0 Å². The van der Waals surface area contributed by atoms with Crippen molar-refractivity contribution in [3.05, 3.63) is 24.3 Å². The molecule has 0 aromatic heterocycles. The fraction of sp³-hybridized carbons (Fsp3) is 0.538. The molecule has 1 heterocycles. The van der Waals surface area contributed by atoms with Crippen molar-refractivity contribution in [3.63, 3.8) is 0 Å². The summed E-state index contributed by atoms with van der Waals surface area (Å²) in [7, 11) is -0.278. The van der Waals surface area contributed by atoms with Crippen molar-refractivity contribution in [1.82, 2.24) is 9.62 Å². The molecule has 2 rings (SSSR count). The number of sulfonamides is 1. The Morgan fingerprint density at radius 1 is 1.37 bits per heavy atom. The zero-order chi connectivity index (χ0) is 13.9. The predicted molar refractivity (Wildman–Crippen MR) is 76.8 cm³/mol. The molecule has 2 N–H and O–H groups in total. The number of benzene rings is 1. The standard InChI is InChI=1S/C13H21N3O2S/c1-16(2)19(17,18)13-7-3-5-11(9-13)15-12-6-4-8-14-10-12/h3,5,7,9,12,14-15H,4,6,8,10H2,1-2H3. The molecular formula is C13H21N3O2S. The molecule has 1 aliphatic heterocycles. The van der Waals surface area contributed by atoms with Gasteiger partial charge >= 0.3 is 0 Å². The Morgan fingerprint density at radius 3 is 2.79 bits per heavy atom. The summed E-state index contributed by atoms with van der Waals surface area (Å²) in [5.74, 6) is 0. The van der Waals surface area contributed by atoms with Crippen molar-refractivity contribution in [2.45, 2.75) is 23.8 Å². The first-order valence-corrected chi connectivity index (χ1v) is 7.94. The molecule has 106 valence electrons. The van der Waals surface area contributed by atoms with Crippen LogP contribution >= 0.6 is 0 Å². The molecule has 1 aromatic carbocycles. The van der Waals surface area contributed by atoms with Crippen LogP contribution in [-0.4, -0.2) is 45.9 Å². The van der Waals surface area contributed by atoms with Crippen molar-refractivity contribution < 1.29 is 8.42 Å². The average molecular weight is 283 g/mol. The Labute approximate surface area is 115 Å². The highest BCUT2D eigenvalue weighted by atomic mass is 32.2. The molecule has 0 saturated carbocycles. The maximum atomic E-state index is 12.1. The van der Waals surface area contributed by atoms with E-state index in [0.29, 0.717) is 10.9 Å². The third kappa shape index (κ3) is 3.46. The lowest BCUT2D eigenvalue weighted by Crippen LogP contribution is -2.38. The van der Waals surface area contributed by atoms with Crippen molar-refractivity contribution in [2.75, 3.05) is 32.5 Å². The Balaban J connectivity index is 2.15. The molecule has 0 radical (unpaired) electrons. The lowest BCUT2D eigenvalue weighted by Gasteiger charge is -2.25. The summed E-state index contributed by atoms with van der Waals surface area (Å²) in [5.41, 5.74) is 0.858. The van der Waals surface area contributed by atoms with Crippen LogP contribution in [0.4, 0.5) is 5.69 Å². The Hall–Kier alpha value is -1.11. The Kier molecular flexibility index (Phi) is 4.44. The van der Waals surface area contributed by atoms with Gasteiger partial charge in [-0.2, -0.15) is 0 Å². The van der Waals surface area contributed by atoms with E-state index >= 15 is 0 Å². The van der Waals surface area contributed by atoms with Crippen molar-refractivity contribution >= 4 is 15.7 Å². The molecular weight excluding hydrogens is 262 g/mol. The fourth-order valence-electron chi connectivity index (χ4n) is 2.17. The van der Waals surface area contributed by atoms with E-state index in [1.165, 1.54) is 4.31 Å². The maximum Gasteiger partial charge on any atom is 0.242 e. The molecule has 6 heteroatoms. The van der Waals surface area contributed by atoms with Gasteiger partial charge in [0, 0.05) is 32.4 Å². The summed E-state index contributed by atoms with van der Waals surface area (Å²) in [4.78, 5) is 0.325. The third-order valence-electron chi connectivity index (χ3n) is 3.28. The first-order valence-electron chi connectivity index (χ1n) is 6.50. The second kappa shape index (κ2) is 5.90. The van der Waals surface area contributed by atoms with E-state index in [2.05, 4.69) is 10.6 Å². The van der Waals surface area contributed by atoms with E-state index < -0.39 is 10.0 Å². The second-order valence-corrected chi connectivity index (χ2v) is 7.15. The first-order chi connectivity index (χ1) is 9.00. The maximum absolute atomic E-state index is 12.1. The molecule has 1 atom stereocenters. The number of nitrogens with zero attached hydrogens (tertiary/aromatic N) is 1. The number of piperidine rings is 1. The van der Waals surface area contributed by atoms with Crippen LogP contribution in [0, 0.1) is 0 Å². The van der Waals surface area contributed by atoms with Gasteiger partial charge in [0.2, 0.25) is 10.0 Å². The minimum absolute atomic E-state index is 0.325. The molecule has 1 fully saturated rings. The minimum atomic E-state index is -3.36. The summed E-state index contributed by atoms with van der Waals surface area (Å²) in [5, 5.41) is 6.72. The highest BCUT2D eigenvalue weighted by Gasteiger charge is 2.18. The molecule has 1 aromatic rings. The zero-order valence-corrected chi connectivity index (χ0v) is 12.2. The summed E-state index contributed by atoms with van der Waals surface area (Å²) in [6.07, 6.45) is 2.25. The molecule has 0 spiro atoms. The van der Waals surface area contributed by atoms with Crippen LogP contribution in [0.1, 0.15) is 12.8 Å². The molecule has 19 heavy (non-hydrogen) atoms. The van der Waals surface area contributed by atoms with E-state index in [1.54, 1.807) is 32.3 Å². The topological polar surface area (TPSA) is 61.4 Å². The fourth-order valence-corrected chi connectivity index (χ4v) is 3.12. The number of anilines is 1. The van der Waals surface area contributed by atoms with Crippen molar-refractivity contribution in [2.24, 2.45) is 0 Å². The molecule has 0 aliphatic carbocycles. The van der Waals surface area contributed by atoms with Gasteiger partial charge in [0.15, 0.2) is 0 Å². The number of nitrogens with one attached hydrogen (secondary N) is 2. The van der Waals surface area contributed by atoms with Gasteiger partial charge in [-0.1, -0.05) is 6.07 Å². The lowest BCUT2D eigenvalue weighted by atomic mass is 10.1. The quantitative estimate of drug-likeness (QED) is 0.869. The lowest BCUT2D eigenvalue weighted by molar-refractivity contribution is 0.480. The van der Waals surface area contributed by atoms with Crippen LogP contribution in [0.25, 0.3) is 0 Å². The van der Waals surface area contributed by atoms with Gasteiger partial charge in [0.25, 0.3) is 0 Å². The normalized spacial score (nSPS) is 20.5. The molecule has 1 aliphatic rings. The molecule has 5 nitrogen and oxygen atoms in total. The Bertz CT molecular complexity index is 522. The number of hydrogen-bond donors (Lipinski definition) is 2. The van der Waals surface area contributed by atoms with E-state index in [-0.39, 0.29) is 0 Å². The highest BCUT2D eigenvalue weighted by Crippen LogP contribution is 2.19. The van der Waals surface area contributed by atoms with Crippen LogP contribution < -0.4 is 10.6 Å². The van der Waals surface area contributed by atoms with Gasteiger partial charge < -0.3 is 10.6 Å². The van der Waals surface area contributed by atoms with Gasteiger partial charge in [-0.25, -0.2) is 12.7 Å². The van der Waals surface area contributed by atoms with Gasteiger partial charge in [-0.15, -0.1) is 0 Å². The predicted octanol–water partition coefficient (Wildman–Crippen LogP) is 1.10. The van der Waals surface area contributed by atoms with E-state index in [9.17, 15) is 8.42 Å². The summed E-state index contributed by atoms with van der Waals surface area (Å²) in [6, 6.07) is 7.37. The smallest absolute Gasteiger partial charge is 0.242 e. The molecule has 0 amide bonds. The number of rotatable bonds is 4. The summed E-state index contributed by atoms with van der Waals surface area (Å²) < 4.78 is 25.4. The van der Waals surface area contributed by atoms with E-state index in [4.69, 9.17) is 0 Å². The molecule has 1 saturated heterocycles. The third-order valence-corrected chi connectivity index (χ3v) is 5.09. The van der Waals surface area contributed by atoms with Crippen LogP contribution in [0.2, 0.25) is 0 Å². The average Bonchev–Trinajstić information content (AvgIpc) is 2.40. The molecule has 0 bridgehead atoms. The summed E-state index contributed by atoms with van der Waals surface area (Å²) in [6.45, 7) is 1.98. The SMILES string of the molecule is CN(C)S(=O)(=O)c1cccc(NC2CCCNC2)c1. The molecule has 1 unspecified atom stereocenters. The largest absolute Gasteiger partial charge is 0.381 e. The van der Waals surface area contributed by atoms with E-state index in [0.717, 1.165) is 31.6 Å². The van der Waals surface area contributed by atoms with Crippen LogP contribution in [0.3, 0.4) is 0 Å². The van der Waals surface area contributed by atoms with Crippen LogP contribution in [0.5, 0.6) is 0 Å². The van der Waals surface area contributed by atoms with Crippen LogP contribution in [-0.2, 0) is 10.0 Å². The highest BCUT2D eigenvalue weighted by molar-refractivity contribution is 7.89. The van der Waals surface area contributed by atoms with Crippen LogP contribution in [0.15, 0.2) is 29.2 Å². The second-order valence-electron chi connectivity index (χ2n) is 5.00. The van der Waals surface area contributed by atoms with Crippen molar-refractivity contribution in [3.8, 4) is 0 Å². The van der Waals surface area contributed by atoms with Gasteiger partial charge in [-0.05, 0) is 37.6 Å². The van der Waals surface area contributed by atoms with Gasteiger partial charge in [0.1, 0.15) is 0 Å². The first kappa shape index (κ1) is 14.3. The Morgan fingerprint density at radius 2 is 2.16 bits per heavy atom. The monoisotopic (exact) mass is 283 g/mol. The summed E-state index contributed by atoms with van der Waals surface area (Å²) >= 11 is 0. The number of hydrogen-bond acceptors (Lipinski definition) is 4. The van der Waals surface area contributed by atoms with Gasteiger partial charge in [0.05, 0.1) is 4.90 Å². The van der Waals surface area contributed by atoms with E-state index in [1.807, 2.05) is 6.07 Å². The van der Waals surface area contributed by atoms with Gasteiger partial charge in [-0.3, -0.25) is 0 Å². The minimum Gasteiger partial charge on any atom is -0.381 e. The zero-order valence-electron chi connectivity index (χ0n) is 11.4.